The van der Waals surface area contributed by atoms with Gasteiger partial charge in [-0.15, -0.1) is 0 Å². The van der Waals surface area contributed by atoms with Crippen LogP contribution in [-0.2, 0) is 0 Å². The third kappa shape index (κ3) is 3.52. The van der Waals surface area contributed by atoms with Gasteiger partial charge in [0.15, 0.2) is 0 Å². The maximum absolute atomic E-state index is 3.61. The van der Waals surface area contributed by atoms with Gasteiger partial charge in [0, 0.05) is 27.8 Å². The number of nitrogens with one attached hydrogen (secondary N) is 1. The Hall–Kier alpha value is -4.82. The molecule has 0 radical (unpaired) electrons. The highest BCUT2D eigenvalue weighted by Gasteiger charge is 2.12. The van der Waals surface area contributed by atoms with Crippen molar-refractivity contribution in [2.24, 2.45) is 0 Å². The Morgan fingerprint density at radius 1 is 0.417 bits per heavy atom. The summed E-state index contributed by atoms with van der Waals surface area (Å²) in [5, 5.41) is 8.64. The molecule has 0 aliphatic carbocycles. The quantitative estimate of drug-likeness (QED) is 0.277. The van der Waals surface area contributed by atoms with Crippen molar-refractivity contribution >= 4 is 44.0 Å². The van der Waals surface area contributed by atoms with Gasteiger partial charge in [0.1, 0.15) is 0 Å². The molecule has 0 aliphatic heterocycles. The Bertz CT molecular complexity index is 1840. The minimum Gasteiger partial charge on any atom is -0.356 e. The van der Waals surface area contributed by atoms with E-state index in [0.29, 0.717) is 0 Å². The molecule has 0 amide bonds. The van der Waals surface area contributed by atoms with Gasteiger partial charge in [-0.3, -0.25) is 0 Å². The first-order valence-electron chi connectivity index (χ1n) is 12.3. The van der Waals surface area contributed by atoms with Crippen LogP contribution in [0.2, 0.25) is 0 Å². The normalized spacial score (nSPS) is 11.3. The van der Waals surface area contributed by atoms with Gasteiger partial charge in [-0.2, -0.15) is 0 Å². The summed E-state index contributed by atoms with van der Waals surface area (Å²) in [5.41, 5.74) is 8.20. The molecule has 2 heteroatoms. The minimum absolute atomic E-state index is 1.07. The molecule has 7 rings (SSSR count). The lowest BCUT2D eigenvalue weighted by molar-refractivity contribution is 1.18. The fraction of sp³-hybridized carbons (Fsp3) is 0. The Morgan fingerprint density at radius 3 is 1.94 bits per heavy atom. The van der Waals surface area contributed by atoms with Crippen LogP contribution in [-0.4, -0.2) is 4.57 Å². The molecule has 0 spiro atoms. The average molecular weight is 461 g/mol. The lowest BCUT2D eigenvalue weighted by Gasteiger charge is -2.10. The van der Waals surface area contributed by atoms with E-state index in [1.165, 1.54) is 49.4 Å². The summed E-state index contributed by atoms with van der Waals surface area (Å²) >= 11 is 0. The Labute approximate surface area is 210 Å². The fourth-order valence-corrected chi connectivity index (χ4v) is 5.19. The molecule has 36 heavy (non-hydrogen) atoms. The standard InChI is InChI=1S/C34H24N2/c1-2-10-30(11-3-1)36-33-13-7-6-12-31(33)32-23-29(20-21-34(32)36)35-28-18-16-25(17-19-28)27-15-14-24-8-4-5-9-26(24)22-27/h1-23,35H. The van der Waals surface area contributed by atoms with Crippen molar-refractivity contribution in [1.29, 1.82) is 0 Å². The molecule has 0 aliphatic rings. The molecule has 6 aromatic carbocycles. The number of aromatic nitrogens is 1. The van der Waals surface area contributed by atoms with Crippen molar-refractivity contribution < 1.29 is 0 Å². The van der Waals surface area contributed by atoms with E-state index in [4.69, 9.17) is 0 Å². The number of hydrogen-bond donors (Lipinski definition) is 1. The zero-order valence-electron chi connectivity index (χ0n) is 19.7. The van der Waals surface area contributed by atoms with Crippen LogP contribution in [0.3, 0.4) is 0 Å². The fourth-order valence-electron chi connectivity index (χ4n) is 5.19. The van der Waals surface area contributed by atoms with Gasteiger partial charge in [-0.25, -0.2) is 0 Å². The topological polar surface area (TPSA) is 17.0 Å². The molecule has 2 nitrogen and oxygen atoms in total. The maximum Gasteiger partial charge on any atom is 0.0542 e. The van der Waals surface area contributed by atoms with Crippen LogP contribution in [0.15, 0.2) is 140 Å². The molecule has 1 aromatic heterocycles. The molecule has 1 N–H and O–H groups in total. The van der Waals surface area contributed by atoms with Crippen molar-refractivity contribution in [2.75, 3.05) is 5.32 Å². The van der Waals surface area contributed by atoms with Crippen molar-refractivity contribution in [3.8, 4) is 16.8 Å². The Balaban J connectivity index is 1.23. The number of anilines is 2. The molecule has 0 atom stereocenters. The van der Waals surface area contributed by atoms with Gasteiger partial charge in [0.05, 0.1) is 11.0 Å². The predicted molar refractivity (Wildman–Crippen MR) is 153 cm³/mol. The predicted octanol–water partition coefficient (Wildman–Crippen LogP) is 9.35. The lowest BCUT2D eigenvalue weighted by Crippen LogP contribution is -1.93. The van der Waals surface area contributed by atoms with Gasteiger partial charge >= 0.3 is 0 Å². The minimum atomic E-state index is 1.07. The molecule has 0 bridgehead atoms. The third-order valence-electron chi connectivity index (χ3n) is 6.94. The number of fused-ring (bicyclic) bond motifs is 4. The molecule has 1 heterocycles. The summed E-state index contributed by atoms with van der Waals surface area (Å²) in [4.78, 5) is 0. The van der Waals surface area contributed by atoms with E-state index < -0.39 is 0 Å². The Kier molecular flexibility index (Phi) is 4.82. The first kappa shape index (κ1) is 20.5. The second kappa shape index (κ2) is 8.44. The zero-order chi connectivity index (χ0) is 23.9. The van der Waals surface area contributed by atoms with Crippen molar-refractivity contribution in [3.63, 3.8) is 0 Å². The monoisotopic (exact) mass is 460 g/mol. The van der Waals surface area contributed by atoms with E-state index >= 15 is 0 Å². The van der Waals surface area contributed by atoms with Gasteiger partial charge in [-0.1, -0.05) is 84.9 Å². The largest absolute Gasteiger partial charge is 0.356 e. The van der Waals surface area contributed by atoms with Gasteiger partial charge in [0.25, 0.3) is 0 Å². The number of rotatable bonds is 4. The molecular weight excluding hydrogens is 436 g/mol. The molecule has 0 unspecified atom stereocenters. The van der Waals surface area contributed by atoms with Crippen molar-refractivity contribution in [1.82, 2.24) is 4.57 Å². The van der Waals surface area contributed by atoms with Crippen LogP contribution in [0.5, 0.6) is 0 Å². The van der Waals surface area contributed by atoms with E-state index in [1.54, 1.807) is 0 Å². The summed E-state index contributed by atoms with van der Waals surface area (Å²) in [6.07, 6.45) is 0. The highest BCUT2D eigenvalue weighted by Crippen LogP contribution is 2.34. The van der Waals surface area contributed by atoms with Crippen LogP contribution in [0.4, 0.5) is 11.4 Å². The van der Waals surface area contributed by atoms with Crippen LogP contribution in [0.25, 0.3) is 49.4 Å². The molecular formula is C34H24N2. The smallest absolute Gasteiger partial charge is 0.0542 e. The first-order chi connectivity index (χ1) is 17.8. The van der Waals surface area contributed by atoms with Crippen LogP contribution < -0.4 is 5.32 Å². The van der Waals surface area contributed by atoms with E-state index in [1.807, 2.05) is 0 Å². The number of para-hydroxylation sites is 2. The second-order valence-corrected chi connectivity index (χ2v) is 9.18. The number of benzene rings is 6. The van der Waals surface area contributed by atoms with Gasteiger partial charge in [0.2, 0.25) is 0 Å². The summed E-state index contributed by atoms with van der Waals surface area (Å²) in [6.45, 7) is 0. The first-order valence-corrected chi connectivity index (χ1v) is 12.3. The summed E-state index contributed by atoms with van der Waals surface area (Å²) in [6, 6.07) is 49.7. The SMILES string of the molecule is c1ccc(-n2c3ccccc3c3cc(Nc4ccc(-c5ccc6ccccc6c5)cc4)ccc32)cc1. The third-order valence-corrected chi connectivity index (χ3v) is 6.94. The lowest BCUT2D eigenvalue weighted by atomic mass is 10.0. The van der Waals surface area contributed by atoms with Crippen LogP contribution in [0, 0.1) is 0 Å². The van der Waals surface area contributed by atoms with E-state index in [2.05, 4.69) is 149 Å². The van der Waals surface area contributed by atoms with E-state index in [0.717, 1.165) is 11.4 Å². The average Bonchev–Trinajstić information content (AvgIpc) is 3.27. The van der Waals surface area contributed by atoms with E-state index in [9.17, 15) is 0 Å². The highest BCUT2D eigenvalue weighted by atomic mass is 15.0. The summed E-state index contributed by atoms with van der Waals surface area (Å²) < 4.78 is 2.34. The van der Waals surface area contributed by atoms with Gasteiger partial charge in [-0.05, 0) is 76.5 Å². The molecule has 0 fully saturated rings. The molecule has 7 aromatic rings. The van der Waals surface area contributed by atoms with Crippen LogP contribution >= 0.6 is 0 Å². The molecule has 0 saturated carbocycles. The Morgan fingerprint density at radius 2 is 1.08 bits per heavy atom. The molecule has 0 saturated heterocycles. The second-order valence-electron chi connectivity index (χ2n) is 9.18. The maximum atomic E-state index is 3.61. The summed E-state index contributed by atoms with van der Waals surface area (Å²) in [7, 11) is 0. The van der Waals surface area contributed by atoms with Crippen molar-refractivity contribution in [3.05, 3.63) is 140 Å². The van der Waals surface area contributed by atoms with Crippen LogP contribution in [0.1, 0.15) is 0 Å². The van der Waals surface area contributed by atoms with E-state index in [-0.39, 0.29) is 0 Å². The number of nitrogens with zero attached hydrogens (tertiary/aromatic N) is 1. The zero-order valence-corrected chi connectivity index (χ0v) is 19.7. The summed E-state index contributed by atoms with van der Waals surface area (Å²) in [5.74, 6) is 0. The van der Waals surface area contributed by atoms with Gasteiger partial charge < -0.3 is 9.88 Å². The number of hydrogen-bond acceptors (Lipinski definition) is 1. The van der Waals surface area contributed by atoms with Crippen molar-refractivity contribution in [2.45, 2.75) is 0 Å². The molecule has 170 valence electrons. The highest BCUT2D eigenvalue weighted by molar-refractivity contribution is 6.10.